The Labute approximate surface area is 105 Å². The Morgan fingerprint density at radius 2 is 2.35 bits per heavy atom. The van der Waals surface area contributed by atoms with E-state index >= 15 is 0 Å². The van der Waals surface area contributed by atoms with Gasteiger partial charge in [-0.2, -0.15) is 5.10 Å². The molecule has 0 saturated heterocycles. The molecule has 4 nitrogen and oxygen atoms in total. The predicted molar refractivity (Wildman–Crippen MR) is 68.2 cm³/mol. The molecule has 2 aromatic heterocycles. The summed E-state index contributed by atoms with van der Waals surface area (Å²) in [5.41, 5.74) is 2.21. The van der Waals surface area contributed by atoms with E-state index in [9.17, 15) is 0 Å². The van der Waals surface area contributed by atoms with Crippen LogP contribution in [0.15, 0.2) is 17.8 Å². The maximum atomic E-state index is 5.52. The van der Waals surface area contributed by atoms with Crippen LogP contribution in [0.3, 0.4) is 0 Å². The highest BCUT2D eigenvalue weighted by molar-refractivity contribution is 7.09. The minimum Gasteiger partial charge on any atom is -0.372 e. The van der Waals surface area contributed by atoms with E-state index < -0.39 is 0 Å². The molecule has 2 aromatic rings. The van der Waals surface area contributed by atoms with E-state index in [2.05, 4.69) is 15.5 Å². The summed E-state index contributed by atoms with van der Waals surface area (Å²) in [6.45, 7) is 7.51. The second kappa shape index (κ2) is 5.42. The smallest absolute Gasteiger partial charge is 0.122 e. The fourth-order valence-electron chi connectivity index (χ4n) is 1.62. The van der Waals surface area contributed by atoms with Crippen molar-refractivity contribution in [1.82, 2.24) is 14.8 Å². The second-order valence-corrected chi connectivity index (χ2v) is 4.88. The Morgan fingerprint density at radius 1 is 1.53 bits per heavy atom. The Hall–Kier alpha value is -1.20. The Bertz CT molecular complexity index is 478. The summed E-state index contributed by atoms with van der Waals surface area (Å²) in [6, 6.07) is 0. The Balaban J connectivity index is 2.03. The molecule has 0 N–H and O–H groups in total. The van der Waals surface area contributed by atoms with Crippen LogP contribution in [0.1, 0.15) is 36.2 Å². The van der Waals surface area contributed by atoms with Gasteiger partial charge >= 0.3 is 0 Å². The lowest BCUT2D eigenvalue weighted by Crippen LogP contribution is -2.02. The molecule has 1 atom stereocenters. The lowest BCUT2D eigenvalue weighted by atomic mass is 10.4. The molecule has 0 aliphatic rings. The topological polar surface area (TPSA) is 39.9 Å². The van der Waals surface area contributed by atoms with Crippen LogP contribution in [0.25, 0.3) is 0 Å². The third-order valence-corrected chi connectivity index (χ3v) is 3.47. The molecule has 2 rings (SSSR count). The summed E-state index contributed by atoms with van der Waals surface area (Å²) in [5, 5.41) is 7.36. The summed E-state index contributed by atoms with van der Waals surface area (Å²) < 4.78 is 7.42. The van der Waals surface area contributed by atoms with Crippen LogP contribution in [0.2, 0.25) is 0 Å². The number of hydrogen-bond acceptors (Lipinski definition) is 4. The monoisotopic (exact) mass is 251 g/mol. The van der Waals surface area contributed by atoms with Crippen molar-refractivity contribution in [2.24, 2.45) is 0 Å². The van der Waals surface area contributed by atoms with Crippen LogP contribution in [-0.2, 0) is 11.3 Å². The summed E-state index contributed by atoms with van der Waals surface area (Å²) in [4.78, 5) is 4.57. The average Bonchev–Trinajstić information content (AvgIpc) is 2.89. The molecule has 0 aliphatic heterocycles. The van der Waals surface area contributed by atoms with Crippen LogP contribution in [0.5, 0.6) is 0 Å². The van der Waals surface area contributed by atoms with Crippen LogP contribution in [0, 0.1) is 6.92 Å². The molecule has 0 bridgehead atoms. The highest BCUT2D eigenvalue weighted by atomic mass is 32.1. The van der Waals surface area contributed by atoms with Crippen molar-refractivity contribution < 1.29 is 4.74 Å². The van der Waals surface area contributed by atoms with Gasteiger partial charge in [0.05, 0.1) is 18.4 Å². The number of ether oxygens (including phenoxy) is 1. The minimum atomic E-state index is 0.0816. The lowest BCUT2D eigenvalue weighted by molar-refractivity contribution is 0.0761. The van der Waals surface area contributed by atoms with E-state index in [0.29, 0.717) is 6.61 Å². The Morgan fingerprint density at radius 3 is 3.00 bits per heavy atom. The molecule has 2 heterocycles. The van der Waals surface area contributed by atoms with E-state index in [1.807, 2.05) is 37.8 Å². The lowest BCUT2D eigenvalue weighted by Gasteiger charge is -2.06. The first-order chi connectivity index (χ1) is 8.19. The van der Waals surface area contributed by atoms with Gasteiger partial charge in [-0.05, 0) is 26.3 Å². The van der Waals surface area contributed by atoms with Crippen molar-refractivity contribution in [2.45, 2.75) is 33.4 Å². The van der Waals surface area contributed by atoms with Gasteiger partial charge < -0.3 is 4.74 Å². The average molecular weight is 251 g/mol. The third kappa shape index (κ3) is 3.14. The third-order valence-electron chi connectivity index (χ3n) is 2.42. The van der Waals surface area contributed by atoms with Crippen LogP contribution >= 0.6 is 11.3 Å². The van der Waals surface area contributed by atoms with E-state index in [0.717, 1.165) is 17.2 Å². The molecule has 92 valence electrons. The number of thiazole rings is 1. The minimum absolute atomic E-state index is 0.0816. The predicted octanol–water partition coefficient (Wildman–Crippen LogP) is 2.79. The second-order valence-electron chi connectivity index (χ2n) is 3.99. The zero-order valence-corrected chi connectivity index (χ0v) is 11.2. The van der Waals surface area contributed by atoms with Crippen molar-refractivity contribution >= 4 is 11.3 Å². The zero-order chi connectivity index (χ0) is 12.3. The van der Waals surface area contributed by atoms with Gasteiger partial charge in [0.2, 0.25) is 0 Å². The number of rotatable bonds is 5. The Kier molecular flexibility index (Phi) is 3.91. The molecular weight excluding hydrogens is 234 g/mol. The standard InChI is InChI=1S/C12H17N3OS/c1-4-16-10(3)12-14-11(8-17-12)7-15-6-9(2)5-13-15/h5-6,8,10H,4,7H2,1-3H3/t10-/m0/s1. The summed E-state index contributed by atoms with van der Waals surface area (Å²) in [5.74, 6) is 0. The van der Waals surface area contributed by atoms with E-state index in [-0.39, 0.29) is 6.10 Å². The fourth-order valence-corrected chi connectivity index (χ4v) is 2.44. The molecule has 0 saturated carbocycles. The largest absolute Gasteiger partial charge is 0.372 e. The summed E-state index contributed by atoms with van der Waals surface area (Å²) in [6.07, 6.45) is 3.96. The van der Waals surface area contributed by atoms with E-state index in [4.69, 9.17) is 4.74 Å². The van der Waals surface area contributed by atoms with Crippen molar-refractivity contribution in [3.63, 3.8) is 0 Å². The highest BCUT2D eigenvalue weighted by Crippen LogP contribution is 2.21. The van der Waals surface area contributed by atoms with Crippen LogP contribution in [-0.4, -0.2) is 21.4 Å². The number of hydrogen-bond donors (Lipinski definition) is 0. The first-order valence-electron chi connectivity index (χ1n) is 5.74. The quantitative estimate of drug-likeness (QED) is 0.820. The van der Waals surface area contributed by atoms with Gasteiger partial charge in [-0.1, -0.05) is 0 Å². The van der Waals surface area contributed by atoms with Crippen molar-refractivity contribution in [3.05, 3.63) is 34.0 Å². The first kappa shape index (κ1) is 12.3. The molecule has 0 spiro atoms. The molecule has 0 amide bonds. The summed E-state index contributed by atoms with van der Waals surface area (Å²) in [7, 11) is 0. The molecule has 0 aromatic carbocycles. The molecule has 0 fully saturated rings. The summed E-state index contributed by atoms with van der Waals surface area (Å²) >= 11 is 1.65. The van der Waals surface area contributed by atoms with E-state index in [1.54, 1.807) is 11.3 Å². The van der Waals surface area contributed by atoms with Crippen molar-refractivity contribution in [2.75, 3.05) is 6.61 Å². The van der Waals surface area contributed by atoms with Gasteiger partial charge in [-0.25, -0.2) is 4.98 Å². The van der Waals surface area contributed by atoms with Gasteiger partial charge in [-0.15, -0.1) is 11.3 Å². The molecular formula is C12H17N3OS. The van der Waals surface area contributed by atoms with Gasteiger partial charge in [-0.3, -0.25) is 4.68 Å². The van der Waals surface area contributed by atoms with Gasteiger partial charge in [0, 0.05) is 18.2 Å². The molecule has 17 heavy (non-hydrogen) atoms. The van der Waals surface area contributed by atoms with Crippen LogP contribution < -0.4 is 0 Å². The molecule has 0 aliphatic carbocycles. The number of aryl methyl sites for hydroxylation is 1. The number of aromatic nitrogens is 3. The molecule has 0 unspecified atom stereocenters. The first-order valence-corrected chi connectivity index (χ1v) is 6.62. The van der Waals surface area contributed by atoms with Crippen molar-refractivity contribution in [1.29, 1.82) is 0 Å². The molecule has 0 radical (unpaired) electrons. The van der Waals surface area contributed by atoms with E-state index in [1.165, 1.54) is 5.56 Å². The zero-order valence-electron chi connectivity index (χ0n) is 10.4. The maximum Gasteiger partial charge on any atom is 0.122 e. The van der Waals surface area contributed by atoms with Gasteiger partial charge in [0.25, 0.3) is 0 Å². The highest BCUT2D eigenvalue weighted by Gasteiger charge is 2.10. The van der Waals surface area contributed by atoms with Gasteiger partial charge in [0.15, 0.2) is 0 Å². The van der Waals surface area contributed by atoms with Crippen molar-refractivity contribution in [3.8, 4) is 0 Å². The molecule has 5 heteroatoms. The normalized spacial score (nSPS) is 12.9. The van der Waals surface area contributed by atoms with Gasteiger partial charge in [0.1, 0.15) is 11.1 Å². The SMILES string of the molecule is CCO[C@@H](C)c1nc(Cn2cc(C)cn2)cs1. The maximum absolute atomic E-state index is 5.52. The fraction of sp³-hybridized carbons (Fsp3) is 0.500. The van der Waals surface area contributed by atoms with Crippen LogP contribution in [0.4, 0.5) is 0 Å². The number of nitrogens with zero attached hydrogens (tertiary/aromatic N) is 3.